The molecule has 0 aliphatic carbocycles. The number of benzene rings is 4. The monoisotopic (exact) mass is 1160 g/mol. The molecule has 0 aliphatic heterocycles. The van der Waals surface area contributed by atoms with Crippen LogP contribution in [-0.2, 0) is 55.0 Å². The smallest absolute Gasteiger partial charge is 0.545 e. The van der Waals surface area contributed by atoms with Gasteiger partial charge < -0.3 is 40.2 Å². The van der Waals surface area contributed by atoms with Crippen molar-refractivity contribution in [2.24, 2.45) is 9.98 Å². The fourth-order valence-electron chi connectivity index (χ4n) is 10.3. The van der Waals surface area contributed by atoms with Crippen molar-refractivity contribution in [3.05, 3.63) is 104 Å². The van der Waals surface area contributed by atoms with Gasteiger partial charge >= 0.3 is 16.5 Å². The Hall–Kier alpha value is -5.15. The minimum atomic E-state index is -1.48. The Morgan fingerprint density at radius 1 is 0.383 bits per heavy atom. The molecule has 0 aliphatic rings. The predicted octanol–water partition coefficient (Wildman–Crippen LogP) is 17.6. The number of phenols is 4. The van der Waals surface area contributed by atoms with E-state index in [1.807, 2.05) is 13.8 Å². The standard InChI is InChI=1S/C50H84N2.2C10H12O4.Ni/c1-7-13-19-21-23-29-35-49(51-47-39-43(31-25-15-9-3)37-44(40-47)32-26-16-10-4)50(36-30-24-22-20-14-8-2)52-48-41-45(33-27-17-11-5)38-46(42-48)34-28-18-12-6;2*1-3-6-4-7(11)9(12)8(5(6)2)10(13)14;/h37-42H,7-36H2,1-6H3;2*4,11-12H,3H2,1-2H3,(H,13,14);/q;;;+2/p-2. The summed E-state index contributed by atoms with van der Waals surface area (Å²) in [5.74, 6) is -5.06. The molecule has 0 saturated carbocycles. The Morgan fingerprint density at radius 2 is 0.642 bits per heavy atom. The summed E-state index contributed by atoms with van der Waals surface area (Å²) in [5, 5.41) is 58.4. The maximum absolute atomic E-state index is 10.7. The number of unbranched alkanes of at least 4 members (excludes halogenated alkanes) is 18. The molecule has 0 amide bonds. The second-order valence-corrected chi connectivity index (χ2v) is 22.1. The van der Waals surface area contributed by atoms with E-state index in [0.29, 0.717) is 35.1 Å². The minimum absolute atomic E-state index is 0. The fraction of sp³-hybridized carbons (Fsp3) is 0.600. The van der Waals surface area contributed by atoms with Crippen LogP contribution in [0.3, 0.4) is 0 Å². The number of carboxylic acid groups (broad SMARTS) is 2. The quantitative estimate of drug-likeness (QED) is 0.0149. The Balaban J connectivity index is 0.000000909. The SMILES string of the molecule is CCCCCCCCC(=Nc1cc(CCCCC)cc(CCCCC)c1)C(CCCCCCCC)=Nc1cc(CCCCC)cc(CCCCC)c1.CCc1cc(O)c(O)c(C(=O)[O-])c1C.CCc1cc(O)c(O)c(C(=O)[O-])c1C.[Ni+2]. The van der Waals surface area contributed by atoms with Crippen molar-refractivity contribution in [1.29, 1.82) is 0 Å². The van der Waals surface area contributed by atoms with Crippen molar-refractivity contribution in [3.63, 3.8) is 0 Å². The second-order valence-electron chi connectivity index (χ2n) is 22.1. The molecule has 4 rings (SSSR count). The summed E-state index contributed by atoms with van der Waals surface area (Å²) in [7, 11) is 0. The zero-order chi connectivity index (χ0) is 59.2. The van der Waals surface area contributed by atoms with Crippen LogP contribution in [0.5, 0.6) is 23.0 Å². The summed E-state index contributed by atoms with van der Waals surface area (Å²) in [4.78, 5) is 32.7. The summed E-state index contributed by atoms with van der Waals surface area (Å²) in [6, 6.07) is 17.4. The molecule has 10 nitrogen and oxygen atoms in total. The average Bonchev–Trinajstić information content (AvgIpc) is 3.42. The number of carbonyl (C=O) groups is 2. The first kappa shape index (κ1) is 73.9. The number of carboxylic acids is 2. The van der Waals surface area contributed by atoms with Gasteiger partial charge in [-0.25, -0.2) is 0 Å². The van der Waals surface area contributed by atoms with Gasteiger partial charge in [0.15, 0.2) is 23.0 Å². The molecule has 0 fully saturated rings. The van der Waals surface area contributed by atoms with E-state index in [2.05, 4.69) is 77.9 Å². The molecule has 4 aromatic carbocycles. The molecule has 454 valence electrons. The third-order valence-electron chi connectivity index (χ3n) is 15.2. The van der Waals surface area contributed by atoms with Crippen LogP contribution in [0, 0.1) is 13.8 Å². The number of nitrogens with zero attached hydrogens (tertiary/aromatic N) is 2. The molecule has 4 N–H and O–H groups in total. The normalized spacial score (nSPS) is 11.4. The van der Waals surface area contributed by atoms with E-state index < -0.39 is 34.9 Å². The molecule has 0 atom stereocenters. The number of aryl methyl sites for hydroxylation is 6. The molecule has 0 aromatic heterocycles. The van der Waals surface area contributed by atoms with Crippen molar-refractivity contribution in [2.75, 3.05) is 0 Å². The summed E-state index contributed by atoms with van der Waals surface area (Å²) in [6.07, 6.45) is 38.9. The number of carbonyl (C=O) groups excluding carboxylic acids is 2. The van der Waals surface area contributed by atoms with E-state index in [4.69, 9.17) is 9.98 Å². The third-order valence-corrected chi connectivity index (χ3v) is 15.2. The number of hydrogen-bond donors (Lipinski definition) is 4. The summed E-state index contributed by atoms with van der Waals surface area (Å²) < 4.78 is 0. The number of phenolic OH excluding ortho intramolecular Hbond substituents is 2. The van der Waals surface area contributed by atoms with Crippen molar-refractivity contribution in [3.8, 4) is 23.0 Å². The van der Waals surface area contributed by atoms with Gasteiger partial charge in [-0.15, -0.1) is 0 Å². The molecule has 0 radical (unpaired) electrons. The molecule has 0 saturated heterocycles. The van der Waals surface area contributed by atoms with Crippen molar-refractivity contribution >= 4 is 34.7 Å². The number of rotatable bonds is 37. The maximum atomic E-state index is 10.7. The topological polar surface area (TPSA) is 186 Å². The molecule has 81 heavy (non-hydrogen) atoms. The average molecular weight is 1160 g/mol. The first-order valence-corrected chi connectivity index (χ1v) is 31.5. The first-order valence-electron chi connectivity index (χ1n) is 31.5. The van der Waals surface area contributed by atoms with Crippen LogP contribution < -0.4 is 10.2 Å². The van der Waals surface area contributed by atoms with Gasteiger partial charge in [-0.2, -0.15) is 0 Å². The van der Waals surface area contributed by atoms with E-state index in [9.17, 15) is 40.2 Å². The Morgan fingerprint density at radius 3 is 0.901 bits per heavy atom. The van der Waals surface area contributed by atoms with Gasteiger partial charge in [0.2, 0.25) is 0 Å². The van der Waals surface area contributed by atoms with Gasteiger partial charge in [0.05, 0.1) is 34.7 Å². The molecular weight excluding hydrogens is 1060 g/mol. The van der Waals surface area contributed by atoms with Crippen LogP contribution in [0.25, 0.3) is 0 Å². The largest absolute Gasteiger partial charge is 2.00 e. The number of hydrogen-bond acceptors (Lipinski definition) is 10. The Bertz CT molecular complexity index is 2270. The third kappa shape index (κ3) is 28.1. The van der Waals surface area contributed by atoms with Crippen molar-refractivity contribution < 1.29 is 56.7 Å². The molecule has 0 spiro atoms. The van der Waals surface area contributed by atoms with Crippen LogP contribution >= 0.6 is 0 Å². The zero-order valence-electron chi connectivity index (χ0n) is 51.9. The van der Waals surface area contributed by atoms with Crippen LogP contribution in [0.15, 0.2) is 58.5 Å². The van der Waals surface area contributed by atoms with Crippen LogP contribution in [0.1, 0.15) is 288 Å². The van der Waals surface area contributed by atoms with E-state index in [1.165, 1.54) is 211 Å². The van der Waals surface area contributed by atoms with Gasteiger partial charge in [-0.05, 0) is 185 Å². The van der Waals surface area contributed by atoms with Gasteiger partial charge in [-0.1, -0.05) is 183 Å². The summed E-state index contributed by atoms with van der Waals surface area (Å²) >= 11 is 0. The van der Waals surface area contributed by atoms with Gasteiger partial charge in [0.25, 0.3) is 0 Å². The van der Waals surface area contributed by atoms with Crippen molar-refractivity contribution in [2.45, 2.75) is 275 Å². The van der Waals surface area contributed by atoms with Crippen molar-refractivity contribution in [1.82, 2.24) is 0 Å². The molecule has 0 unspecified atom stereocenters. The summed E-state index contributed by atoms with van der Waals surface area (Å²) in [6.45, 7) is 20.7. The van der Waals surface area contributed by atoms with Gasteiger partial charge in [-0.3, -0.25) is 9.98 Å². The number of aliphatic imine (C=N–C) groups is 2. The molecular formula is C70H106N2NiO8. The van der Waals surface area contributed by atoms with Gasteiger partial charge in [0, 0.05) is 11.1 Å². The predicted molar refractivity (Wildman–Crippen MR) is 332 cm³/mol. The Labute approximate surface area is 500 Å². The second kappa shape index (κ2) is 43.5. The molecule has 4 aromatic rings. The van der Waals surface area contributed by atoms with Crippen LogP contribution in [0.4, 0.5) is 11.4 Å². The maximum Gasteiger partial charge on any atom is 2.00 e. The summed E-state index contributed by atoms with van der Waals surface area (Å²) in [5.41, 5.74) is 12.3. The Kier molecular flexibility index (Phi) is 39.7. The van der Waals surface area contributed by atoms with E-state index >= 15 is 0 Å². The van der Waals surface area contributed by atoms with E-state index in [0.717, 1.165) is 38.5 Å². The first-order chi connectivity index (χ1) is 38.5. The molecule has 0 heterocycles. The van der Waals surface area contributed by atoms with Gasteiger partial charge in [0.1, 0.15) is 0 Å². The molecule has 0 bridgehead atoms. The van der Waals surface area contributed by atoms with Crippen LogP contribution in [-0.4, -0.2) is 43.8 Å². The van der Waals surface area contributed by atoms with Crippen LogP contribution in [0.2, 0.25) is 0 Å². The molecule has 11 heteroatoms. The van der Waals surface area contributed by atoms with E-state index in [-0.39, 0.29) is 27.6 Å². The van der Waals surface area contributed by atoms with E-state index in [1.54, 1.807) is 13.8 Å². The minimum Gasteiger partial charge on any atom is -0.545 e. The number of aromatic carboxylic acids is 2. The fourth-order valence-corrected chi connectivity index (χ4v) is 10.3. The number of aromatic hydroxyl groups is 4. The zero-order valence-corrected chi connectivity index (χ0v) is 52.9.